The summed E-state index contributed by atoms with van der Waals surface area (Å²) in [6, 6.07) is 11.9. The zero-order valence-electron chi connectivity index (χ0n) is 14.8. The first-order valence-electron chi connectivity index (χ1n) is 8.08. The number of aromatic nitrogens is 1. The molecule has 0 radical (unpaired) electrons. The molecule has 0 unspecified atom stereocenters. The van der Waals surface area contributed by atoms with Gasteiger partial charge in [0.15, 0.2) is 5.13 Å². The molecule has 0 aliphatic carbocycles. The average molecular weight is 351 g/mol. The van der Waals surface area contributed by atoms with Crippen molar-refractivity contribution in [2.75, 3.05) is 11.1 Å². The molecule has 4 nitrogen and oxygen atoms in total. The topological polar surface area (TPSA) is 68.0 Å². The lowest BCUT2D eigenvalue weighted by Gasteiger charge is -2.08. The van der Waals surface area contributed by atoms with Gasteiger partial charge in [0, 0.05) is 11.3 Å². The van der Waals surface area contributed by atoms with Crippen molar-refractivity contribution in [2.24, 2.45) is 0 Å². The number of nitrogens with two attached hydrogens (primary N) is 1. The van der Waals surface area contributed by atoms with E-state index in [1.54, 1.807) is 0 Å². The molecule has 5 heteroatoms. The lowest BCUT2D eigenvalue weighted by molar-refractivity contribution is 0.104. The first-order valence-corrected chi connectivity index (χ1v) is 8.90. The number of nitrogens with one attached hydrogen (secondary N) is 1. The minimum absolute atomic E-state index is 0.0785. The predicted octanol–water partition coefficient (Wildman–Crippen LogP) is 4.93. The number of anilines is 3. The van der Waals surface area contributed by atoms with Crippen LogP contribution in [0.5, 0.6) is 0 Å². The highest BCUT2D eigenvalue weighted by Gasteiger charge is 2.20. The van der Waals surface area contributed by atoms with Crippen LogP contribution in [-0.4, -0.2) is 10.8 Å². The van der Waals surface area contributed by atoms with E-state index >= 15 is 0 Å². The zero-order valence-corrected chi connectivity index (χ0v) is 15.6. The van der Waals surface area contributed by atoms with Gasteiger partial charge >= 0.3 is 0 Å². The second-order valence-electron chi connectivity index (χ2n) is 6.25. The third-order valence-corrected chi connectivity index (χ3v) is 5.33. The summed E-state index contributed by atoms with van der Waals surface area (Å²) < 4.78 is 0. The van der Waals surface area contributed by atoms with Crippen LogP contribution in [-0.2, 0) is 0 Å². The number of carbonyl (C=O) groups is 1. The summed E-state index contributed by atoms with van der Waals surface area (Å²) in [5, 5.41) is 3.91. The Labute approximate surface area is 151 Å². The van der Waals surface area contributed by atoms with Gasteiger partial charge in [-0.05, 0) is 56.5 Å². The molecule has 3 N–H and O–H groups in total. The normalized spacial score (nSPS) is 10.7. The Bertz CT molecular complexity index is 960. The van der Waals surface area contributed by atoms with Gasteiger partial charge < -0.3 is 11.1 Å². The predicted molar refractivity (Wildman–Crippen MR) is 105 cm³/mol. The third-order valence-electron chi connectivity index (χ3n) is 4.34. The van der Waals surface area contributed by atoms with Crippen molar-refractivity contribution in [1.29, 1.82) is 0 Å². The summed E-state index contributed by atoms with van der Waals surface area (Å²) in [7, 11) is 0. The van der Waals surface area contributed by atoms with Crippen LogP contribution < -0.4 is 11.1 Å². The highest BCUT2D eigenvalue weighted by molar-refractivity contribution is 7.18. The fourth-order valence-corrected chi connectivity index (χ4v) is 3.50. The maximum atomic E-state index is 12.9. The molecule has 128 valence electrons. The average Bonchev–Trinajstić information content (AvgIpc) is 2.94. The van der Waals surface area contributed by atoms with Crippen molar-refractivity contribution >= 4 is 33.8 Å². The number of nitrogens with zero attached hydrogens (tertiary/aromatic N) is 1. The molecular formula is C20H21N3OS. The largest absolute Gasteiger partial charge is 0.382 e. The molecule has 1 aromatic heterocycles. The maximum absolute atomic E-state index is 12.9. The Morgan fingerprint density at radius 3 is 2.60 bits per heavy atom. The van der Waals surface area contributed by atoms with Crippen molar-refractivity contribution in [1.82, 2.24) is 4.98 Å². The van der Waals surface area contributed by atoms with Gasteiger partial charge in [0.05, 0.1) is 0 Å². The van der Waals surface area contributed by atoms with E-state index in [1.165, 1.54) is 16.9 Å². The highest BCUT2D eigenvalue weighted by atomic mass is 32.1. The van der Waals surface area contributed by atoms with Gasteiger partial charge in [-0.2, -0.15) is 0 Å². The smallest absolute Gasteiger partial charge is 0.207 e. The lowest BCUT2D eigenvalue weighted by atomic mass is 10.0. The molecule has 0 aliphatic rings. The van der Waals surface area contributed by atoms with Gasteiger partial charge in [0.25, 0.3) is 0 Å². The van der Waals surface area contributed by atoms with Gasteiger partial charge in [-0.3, -0.25) is 4.79 Å². The Morgan fingerprint density at radius 2 is 1.84 bits per heavy atom. The van der Waals surface area contributed by atoms with Crippen LogP contribution in [0.2, 0.25) is 0 Å². The molecule has 0 amide bonds. The standard InChI is InChI=1S/C20H21N3OS/c1-11-8-9-13(3)15(10-11)17(24)18-19(21)23-20(25-18)22-16-7-5-6-12(2)14(16)4/h5-10H,21H2,1-4H3,(H,22,23). The van der Waals surface area contributed by atoms with Crippen molar-refractivity contribution in [3.63, 3.8) is 0 Å². The van der Waals surface area contributed by atoms with Gasteiger partial charge in [0.1, 0.15) is 10.7 Å². The number of aryl methyl sites for hydroxylation is 3. The third kappa shape index (κ3) is 3.42. The molecular weight excluding hydrogens is 330 g/mol. The fourth-order valence-electron chi connectivity index (χ4n) is 2.65. The molecule has 0 atom stereocenters. The molecule has 0 saturated heterocycles. The van der Waals surface area contributed by atoms with Gasteiger partial charge in [-0.15, -0.1) is 0 Å². The number of benzene rings is 2. The fraction of sp³-hybridized carbons (Fsp3) is 0.200. The Balaban J connectivity index is 1.93. The van der Waals surface area contributed by atoms with Crippen LogP contribution in [0.4, 0.5) is 16.6 Å². The number of hydrogen-bond acceptors (Lipinski definition) is 5. The number of rotatable bonds is 4. The van der Waals surface area contributed by atoms with Crippen molar-refractivity contribution in [2.45, 2.75) is 27.7 Å². The Kier molecular flexibility index (Phi) is 4.59. The van der Waals surface area contributed by atoms with E-state index in [2.05, 4.69) is 30.2 Å². The van der Waals surface area contributed by atoms with Gasteiger partial charge in [0.2, 0.25) is 5.78 Å². The van der Waals surface area contributed by atoms with Gasteiger partial charge in [-0.1, -0.05) is 41.2 Å². The van der Waals surface area contributed by atoms with E-state index in [4.69, 9.17) is 5.73 Å². The van der Waals surface area contributed by atoms with Gasteiger partial charge in [-0.25, -0.2) is 4.98 Å². The first-order chi connectivity index (χ1) is 11.9. The molecule has 0 fully saturated rings. The van der Waals surface area contributed by atoms with Crippen molar-refractivity contribution in [3.8, 4) is 0 Å². The first kappa shape index (κ1) is 17.2. The molecule has 2 aromatic carbocycles. The van der Waals surface area contributed by atoms with Crippen LogP contribution in [0.25, 0.3) is 0 Å². The molecule has 3 rings (SSSR count). The lowest BCUT2D eigenvalue weighted by Crippen LogP contribution is -2.05. The number of nitrogen functional groups attached to an aromatic ring is 1. The SMILES string of the molecule is Cc1ccc(C)c(C(=O)c2sc(Nc3cccc(C)c3C)nc2N)c1. The maximum Gasteiger partial charge on any atom is 0.207 e. The molecule has 25 heavy (non-hydrogen) atoms. The summed E-state index contributed by atoms with van der Waals surface area (Å²) in [5.74, 6) is 0.189. The Morgan fingerprint density at radius 1 is 1.08 bits per heavy atom. The van der Waals surface area contributed by atoms with Crippen molar-refractivity contribution in [3.05, 3.63) is 69.1 Å². The summed E-state index contributed by atoms with van der Waals surface area (Å²) >= 11 is 1.29. The minimum Gasteiger partial charge on any atom is -0.382 e. The molecule has 0 saturated carbocycles. The number of hydrogen-bond donors (Lipinski definition) is 2. The van der Waals surface area contributed by atoms with Crippen LogP contribution in [0.15, 0.2) is 36.4 Å². The molecule has 0 aliphatic heterocycles. The van der Waals surface area contributed by atoms with Crippen LogP contribution in [0.3, 0.4) is 0 Å². The second kappa shape index (κ2) is 6.69. The zero-order chi connectivity index (χ0) is 18.1. The molecule has 0 spiro atoms. The second-order valence-corrected chi connectivity index (χ2v) is 7.25. The van der Waals surface area contributed by atoms with E-state index < -0.39 is 0 Å². The van der Waals surface area contributed by atoms with Crippen LogP contribution in [0, 0.1) is 27.7 Å². The van der Waals surface area contributed by atoms with Crippen LogP contribution in [0.1, 0.15) is 37.5 Å². The molecule has 3 aromatic rings. The molecule has 0 bridgehead atoms. The highest BCUT2D eigenvalue weighted by Crippen LogP contribution is 2.31. The van der Waals surface area contributed by atoms with E-state index in [9.17, 15) is 4.79 Å². The number of ketones is 1. The Hall–Kier alpha value is -2.66. The number of thiazole rings is 1. The summed E-state index contributed by atoms with van der Waals surface area (Å²) in [5.41, 5.74) is 12.0. The van der Waals surface area contributed by atoms with Crippen molar-refractivity contribution < 1.29 is 4.79 Å². The van der Waals surface area contributed by atoms with E-state index in [1.807, 2.05) is 44.2 Å². The monoisotopic (exact) mass is 351 g/mol. The minimum atomic E-state index is -0.0785. The summed E-state index contributed by atoms with van der Waals surface area (Å²) in [4.78, 5) is 17.7. The summed E-state index contributed by atoms with van der Waals surface area (Å²) in [6.07, 6.45) is 0. The van der Waals surface area contributed by atoms with Crippen LogP contribution >= 0.6 is 11.3 Å². The van der Waals surface area contributed by atoms with E-state index in [0.29, 0.717) is 15.6 Å². The van der Waals surface area contributed by atoms with E-state index in [0.717, 1.165) is 22.4 Å². The number of carbonyl (C=O) groups excluding carboxylic acids is 1. The molecule has 1 heterocycles. The van der Waals surface area contributed by atoms with E-state index in [-0.39, 0.29) is 11.6 Å². The summed E-state index contributed by atoms with van der Waals surface area (Å²) in [6.45, 7) is 8.02. The quantitative estimate of drug-likeness (QED) is 0.654.